The number of carbonyl (C=O) groups is 1. The number of aromatic nitrogens is 1. The van der Waals surface area contributed by atoms with Gasteiger partial charge in [-0.25, -0.2) is 4.39 Å². The molecule has 1 amide bonds. The number of pyridine rings is 1. The Hall–Kier alpha value is -2.34. The van der Waals surface area contributed by atoms with E-state index in [2.05, 4.69) is 10.3 Å². The normalized spacial score (nSPS) is 11.7. The Morgan fingerprint density at radius 1 is 1.33 bits per heavy atom. The van der Waals surface area contributed by atoms with Crippen molar-refractivity contribution in [1.29, 1.82) is 0 Å². The topological polar surface area (TPSA) is 68.0 Å². The van der Waals surface area contributed by atoms with Crippen molar-refractivity contribution in [3.8, 4) is 0 Å². The van der Waals surface area contributed by atoms with Gasteiger partial charge >= 0.3 is 0 Å². The number of benzene rings is 1. The SMILES string of the molecule is CC(NC(=O)c1ccc(C(N)=S)cn1)c1ccccc1F. The lowest BCUT2D eigenvalue weighted by Crippen LogP contribution is -2.28. The predicted molar refractivity (Wildman–Crippen MR) is 82.4 cm³/mol. The van der Waals surface area contributed by atoms with Gasteiger partial charge in [-0.15, -0.1) is 0 Å². The number of nitrogens with two attached hydrogens (primary N) is 1. The Balaban J connectivity index is 2.11. The number of halogens is 1. The second kappa shape index (κ2) is 6.41. The van der Waals surface area contributed by atoms with Gasteiger partial charge in [0.15, 0.2) is 0 Å². The Morgan fingerprint density at radius 2 is 2.05 bits per heavy atom. The molecule has 1 atom stereocenters. The highest BCUT2D eigenvalue weighted by molar-refractivity contribution is 7.80. The summed E-state index contributed by atoms with van der Waals surface area (Å²) in [6.45, 7) is 1.71. The van der Waals surface area contributed by atoms with Crippen molar-refractivity contribution >= 4 is 23.1 Å². The first kappa shape index (κ1) is 15.1. The Labute approximate surface area is 127 Å². The monoisotopic (exact) mass is 303 g/mol. The standard InChI is InChI=1S/C15H14FN3OS/c1-9(11-4-2-3-5-12(11)16)19-15(20)13-7-6-10(8-18-13)14(17)21/h2-9H,1H3,(H2,17,21)(H,19,20). The van der Waals surface area contributed by atoms with Crippen LogP contribution in [-0.4, -0.2) is 15.9 Å². The van der Waals surface area contributed by atoms with Crippen molar-refractivity contribution < 1.29 is 9.18 Å². The molecule has 0 spiro atoms. The fourth-order valence-electron chi connectivity index (χ4n) is 1.85. The van der Waals surface area contributed by atoms with E-state index in [-0.39, 0.29) is 22.4 Å². The number of nitrogens with zero attached hydrogens (tertiary/aromatic N) is 1. The largest absolute Gasteiger partial charge is 0.389 e. The number of thiocarbonyl (C=S) groups is 1. The summed E-state index contributed by atoms with van der Waals surface area (Å²) in [6, 6.07) is 8.99. The van der Waals surface area contributed by atoms with Crippen LogP contribution < -0.4 is 11.1 Å². The van der Waals surface area contributed by atoms with Gasteiger partial charge in [0, 0.05) is 17.3 Å². The molecule has 0 aliphatic rings. The van der Waals surface area contributed by atoms with Crippen molar-refractivity contribution in [3.05, 3.63) is 65.2 Å². The van der Waals surface area contributed by atoms with E-state index >= 15 is 0 Å². The number of amides is 1. The fraction of sp³-hybridized carbons (Fsp3) is 0.133. The van der Waals surface area contributed by atoms with Crippen LogP contribution in [0.5, 0.6) is 0 Å². The third-order valence-corrected chi connectivity index (χ3v) is 3.24. The molecule has 6 heteroatoms. The second-order valence-electron chi connectivity index (χ2n) is 4.51. The van der Waals surface area contributed by atoms with Crippen molar-refractivity contribution in [3.63, 3.8) is 0 Å². The molecule has 21 heavy (non-hydrogen) atoms. The molecule has 2 rings (SSSR count). The first-order valence-corrected chi connectivity index (χ1v) is 6.71. The van der Waals surface area contributed by atoms with Gasteiger partial charge in [-0.2, -0.15) is 0 Å². The molecule has 0 radical (unpaired) electrons. The fourth-order valence-corrected chi connectivity index (χ4v) is 1.97. The van der Waals surface area contributed by atoms with Gasteiger partial charge in [0.1, 0.15) is 16.5 Å². The molecule has 4 nitrogen and oxygen atoms in total. The first-order valence-electron chi connectivity index (χ1n) is 6.30. The lowest BCUT2D eigenvalue weighted by atomic mass is 10.1. The van der Waals surface area contributed by atoms with E-state index < -0.39 is 6.04 Å². The number of carbonyl (C=O) groups excluding carboxylic acids is 1. The Kier molecular flexibility index (Phi) is 4.59. The average molecular weight is 303 g/mol. The number of hydrogen-bond acceptors (Lipinski definition) is 3. The molecular weight excluding hydrogens is 289 g/mol. The maximum absolute atomic E-state index is 13.6. The van der Waals surface area contributed by atoms with E-state index in [9.17, 15) is 9.18 Å². The van der Waals surface area contributed by atoms with Gasteiger partial charge in [0.05, 0.1) is 6.04 Å². The molecule has 0 aliphatic carbocycles. The molecule has 108 valence electrons. The van der Waals surface area contributed by atoms with E-state index in [1.54, 1.807) is 31.2 Å². The van der Waals surface area contributed by atoms with Gasteiger partial charge in [-0.1, -0.05) is 30.4 Å². The third-order valence-electron chi connectivity index (χ3n) is 3.00. The first-order chi connectivity index (χ1) is 9.99. The zero-order valence-corrected chi connectivity index (χ0v) is 12.2. The molecule has 0 bridgehead atoms. The van der Waals surface area contributed by atoms with Crippen molar-refractivity contribution in [2.75, 3.05) is 0 Å². The molecule has 1 aromatic heterocycles. The Morgan fingerprint density at radius 3 is 2.62 bits per heavy atom. The highest BCUT2D eigenvalue weighted by Crippen LogP contribution is 2.16. The molecular formula is C15H14FN3OS. The molecule has 1 unspecified atom stereocenters. The van der Waals surface area contributed by atoms with Crippen LogP contribution in [0.1, 0.15) is 34.6 Å². The van der Waals surface area contributed by atoms with Crippen LogP contribution in [-0.2, 0) is 0 Å². The van der Waals surface area contributed by atoms with E-state index in [0.717, 1.165) is 0 Å². The average Bonchev–Trinajstić information content (AvgIpc) is 2.47. The van der Waals surface area contributed by atoms with Gasteiger partial charge in [0.2, 0.25) is 0 Å². The summed E-state index contributed by atoms with van der Waals surface area (Å²) in [4.78, 5) is 16.3. The van der Waals surface area contributed by atoms with Crippen LogP contribution in [0.2, 0.25) is 0 Å². The summed E-state index contributed by atoms with van der Waals surface area (Å²) in [5.74, 6) is -0.748. The molecule has 2 aromatic rings. The predicted octanol–water partition coefficient (Wildman–Crippen LogP) is 2.35. The van der Waals surface area contributed by atoms with Crippen LogP contribution in [0.3, 0.4) is 0 Å². The van der Waals surface area contributed by atoms with Crippen molar-refractivity contribution in [1.82, 2.24) is 10.3 Å². The maximum Gasteiger partial charge on any atom is 0.270 e. The highest BCUT2D eigenvalue weighted by Gasteiger charge is 2.15. The molecule has 0 saturated carbocycles. The second-order valence-corrected chi connectivity index (χ2v) is 4.95. The summed E-state index contributed by atoms with van der Waals surface area (Å²) < 4.78 is 13.6. The minimum atomic E-state index is -0.462. The number of rotatable bonds is 4. The van der Waals surface area contributed by atoms with E-state index in [0.29, 0.717) is 11.1 Å². The van der Waals surface area contributed by atoms with E-state index in [1.165, 1.54) is 18.3 Å². The molecule has 1 heterocycles. The third kappa shape index (κ3) is 3.61. The minimum absolute atomic E-state index is 0.217. The summed E-state index contributed by atoms with van der Waals surface area (Å²) >= 11 is 4.81. The van der Waals surface area contributed by atoms with Gasteiger partial charge in [-0.3, -0.25) is 9.78 Å². The van der Waals surface area contributed by atoms with Crippen LogP contribution in [0.15, 0.2) is 42.6 Å². The summed E-state index contributed by atoms with van der Waals surface area (Å²) in [7, 11) is 0. The Bertz CT molecular complexity index is 673. The molecule has 0 fully saturated rings. The van der Waals surface area contributed by atoms with Crippen molar-refractivity contribution in [2.45, 2.75) is 13.0 Å². The molecule has 0 saturated heterocycles. The quantitative estimate of drug-likeness (QED) is 0.851. The van der Waals surface area contributed by atoms with Crippen LogP contribution in [0.25, 0.3) is 0 Å². The summed E-state index contributed by atoms with van der Waals surface area (Å²) in [5, 5.41) is 2.70. The highest BCUT2D eigenvalue weighted by atomic mass is 32.1. The zero-order chi connectivity index (χ0) is 15.4. The van der Waals surface area contributed by atoms with Crippen molar-refractivity contribution in [2.24, 2.45) is 5.73 Å². The zero-order valence-electron chi connectivity index (χ0n) is 11.3. The summed E-state index contributed by atoms with van der Waals surface area (Å²) in [5.41, 5.74) is 6.69. The van der Waals surface area contributed by atoms with E-state index in [1.807, 2.05) is 0 Å². The smallest absolute Gasteiger partial charge is 0.270 e. The lowest BCUT2D eigenvalue weighted by molar-refractivity contribution is 0.0934. The molecule has 1 aromatic carbocycles. The maximum atomic E-state index is 13.6. The van der Waals surface area contributed by atoms with Gasteiger partial charge in [0.25, 0.3) is 5.91 Å². The number of hydrogen-bond donors (Lipinski definition) is 2. The van der Waals surface area contributed by atoms with Crippen LogP contribution >= 0.6 is 12.2 Å². The van der Waals surface area contributed by atoms with E-state index in [4.69, 9.17) is 18.0 Å². The lowest BCUT2D eigenvalue weighted by Gasteiger charge is -2.14. The van der Waals surface area contributed by atoms with Gasteiger partial charge < -0.3 is 11.1 Å². The van der Waals surface area contributed by atoms with Gasteiger partial charge in [-0.05, 0) is 25.1 Å². The molecule has 0 aliphatic heterocycles. The summed E-state index contributed by atoms with van der Waals surface area (Å²) in [6.07, 6.45) is 1.44. The molecule has 3 N–H and O–H groups in total. The minimum Gasteiger partial charge on any atom is -0.389 e. The van der Waals surface area contributed by atoms with Crippen LogP contribution in [0.4, 0.5) is 4.39 Å². The van der Waals surface area contributed by atoms with Crippen LogP contribution in [0, 0.1) is 5.82 Å². The number of nitrogens with one attached hydrogen (secondary N) is 1.